The molecule has 0 aliphatic carbocycles. The Morgan fingerprint density at radius 3 is 2.58 bits per heavy atom. The van der Waals surface area contributed by atoms with Gasteiger partial charge in [-0.05, 0) is 36.5 Å². The van der Waals surface area contributed by atoms with Crippen LogP contribution >= 0.6 is 11.6 Å². The smallest absolute Gasteiger partial charge is 0.320 e. The van der Waals surface area contributed by atoms with Gasteiger partial charge in [0.2, 0.25) is 0 Å². The first-order valence-electron chi connectivity index (χ1n) is 10.8. The maximum absolute atomic E-state index is 11.8. The van der Waals surface area contributed by atoms with Crippen molar-refractivity contribution in [3.63, 3.8) is 0 Å². The second kappa shape index (κ2) is 11.7. The molecule has 2 N–H and O–H groups in total. The van der Waals surface area contributed by atoms with Crippen LogP contribution in [0.15, 0.2) is 60.8 Å². The molecule has 1 atom stereocenters. The van der Waals surface area contributed by atoms with Gasteiger partial charge < -0.3 is 9.67 Å². The maximum Gasteiger partial charge on any atom is 0.320 e. The zero-order chi connectivity index (χ0) is 22.1. The van der Waals surface area contributed by atoms with Gasteiger partial charge in [-0.15, -0.1) is 0 Å². The molecule has 0 bridgehead atoms. The molecular weight excluding hydrogens is 410 g/mol. The summed E-state index contributed by atoms with van der Waals surface area (Å²) in [6.07, 6.45) is 6.13. The van der Waals surface area contributed by atoms with Gasteiger partial charge in [-0.25, -0.2) is 4.98 Å². The van der Waals surface area contributed by atoms with Gasteiger partial charge in [0.15, 0.2) is 0 Å². The Balaban J connectivity index is 1.72. The fourth-order valence-corrected chi connectivity index (χ4v) is 3.81. The van der Waals surface area contributed by atoms with Crippen LogP contribution in [0.1, 0.15) is 48.8 Å². The molecule has 1 heterocycles. The normalized spacial score (nSPS) is 12.1. The standard InChI is InChI=1S/C25H30ClN3O2/c1-2-3-13-24-28-17-21(29(24)18-20-11-7-8-12-22(20)26)16-27-23(25(30)31)15-14-19-9-5-4-6-10-19/h4-12,17,23,27H,2-3,13-16,18H2,1H3,(H,30,31)/t23-/m0/s1. The van der Waals surface area contributed by atoms with Gasteiger partial charge in [-0.3, -0.25) is 10.1 Å². The summed E-state index contributed by atoms with van der Waals surface area (Å²) in [5.74, 6) is 0.175. The second-order valence-electron chi connectivity index (χ2n) is 7.74. The highest BCUT2D eigenvalue weighted by Gasteiger charge is 2.19. The van der Waals surface area contributed by atoms with E-state index in [4.69, 9.17) is 11.6 Å². The highest BCUT2D eigenvalue weighted by Crippen LogP contribution is 2.19. The van der Waals surface area contributed by atoms with E-state index in [2.05, 4.69) is 21.8 Å². The van der Waals surface area contributed by atoms with Crippen molar-refractivity contribution in [2.24, 2.45) is 0 Å². The summed E-state index contributed by atoms with van der Waals surface area (Å²) in [5, 5.41) is 13.6. The number of aryl methyl sites for hydroxylation is 2. The van der Waals surface area contributed by atoms with Gasteiger partial charge in [0.25, 0.3) is 0 Å². The van der Waals surface area contributed by atoms with Gasteiger partial charge in [0, 0.05) is 24.2 Å². The van der Waals surface area contributed by atoms with Gasteiger partial charge >= 0.3 is 5.97 Å². The molecule has 0 spiro atoms. The Morgan fingerprint density at radius 1 is 1.13 bits per heavy atom. The minimum atomic E-state index is -0.834. The van der Waals surface area contributed by atoms with Crippen molar-refractivity contribution in [3.8, 4) is 0 Å². The number of hydrogen-bond donors (Lipinski definition) is 2. The van der Waals surface area contributed by atoms with Crippen LogP contribution in [0.2, 0.25) is 5.02 Å². The highest BCUT2D eigenvalue weighted by atomic mass is 35.5. The summed E-state index contributed by atoms with van der Waals surface area (Å²) in [4.78, 5) is 16.4. The number of unbranched alkanes of at least 4 members (excludes halogenated alkanes) is 1. The average Bonchev–Trinajstić information content (AvgIpc) is 3.15. The lowest BCUT2D eigenvalue weighted by molar-refractivity contribution is -0.139. The van der Waals surface area contributed by atoms with E-state index in [0.717, 1.165) is 46.9 Å². The molecule has 3 aromatic rings. The number of carbonyl (C=O) groups is 1. The summed E-state index contributed by atoms with van der Waals surface area (Å²) in [6, 6.07) is 17.2. The van der Waals surface area contributed by atoms with Crippen LogP contribution in [-0.4, -0.2) is 26.7 Å². The fourth-order valence-electron chi connectivity index (χ4n) is 3.62. The average molecular weight is 440 g/mol. The minimum absolute atomic E-state index is 0.440. The fraction of sp³-hybridized carbons (Fsp3) is 0.360. The first-order chi connectivity index (χ1) is 15.1. The quantitative estimate of drug-likeness (QED) is 0.412. The van der Waals surface area contributed by atoms with Crippen molar-refractivity contribution >= 4 is 17.6 Å². The lowest BCUT2D eigenvalue weighted by Gasteiger charge is -2.17. The molecule has 164 valence electrons. The number of nitrogens with zero attached hydrogens (tertiary/aromatic N) is 2. The number of aromatic nitrogens is 2. The molecule has 0 saturated carbocycles. The van der Waals surface area contributed by atoms with E-state index in [0.29, 0.717) is 25.9 Å². The third kappa shape index (κ3) is 6.68. The van der Waals surface area contributed by atoms with Crippen LogP contribution in [0.25, 0.3) is 0 Å². The van der Waals surface area contributed by atoms with Crippen molar-refractivity contribution in [1.82, 2.24) is 14.9 Å². The molecular formula is C25H30ClN3O2. The van der Waals surface area contributed by atoms with Crippen LogP contribution in [0.4, 0.5) is 0 Å². The van der Waals surface area contributed by atoms with Gasteiger partial charge in [0.1, 0.15) is 11.9 Å². The predicted molar refractivity (Wildman–Crippen MR) is 124 cm³/mol. The van der Waals surface area contributed by atoms with E-state index in [1.807, 2.05) is 60.8 Å². The summed E-state index contributed by atoms with van der Waals surface area (Å²) in [6.45, 7) is 3.22. The molecule has 3 rings (SSSR count). The number of benzene rings is 2. The van der Waals surface area contributed by atoms with Crippen LogP contribution in [0.3, 0.4) is 0 Å². The molecule has 0 saturated heterocycles. The summed E-state index contributed by atoms with van der Waals surface area (Å²) < 4.78 is 2.17. The SMILES string of the molecule is CCCCc1ncc(CN[C@@H](CCc2ccccc2)C(=O)O)n1Cc1ccccc1Cl. The number of aliphatic carboxylic acids is 1. The van der Waals surface area contributed by atoms with Crippen LogP contribution in [-0.2, 0) is 30.7 Å². The first kappa shape index (κ1) is 23.0. The molecule has 0 amide bonds. The summed E-state index contributed by atoms with van der Waals surface area (Å²) in [5.41, 5.74) is 3.14. The molecule has 0 aliphatic heterocycles. The summed E-state index contributed by atoms with van der Waals surface area (Å²) >= 11 is 6.39. The summed E-state index contributed by atoms with van der Waals surface area (Å²) in [7, 11) is 0. The largest absolute Gasteiger partial charge is 0.480 e. The van der Waals surface area contributed by atoms with E-state index in [1.165, 1.54) is 0 Å². The van der Waals surface area contributed by atoms with Crippen molar-refractivity contribution in [2.45, 2.75) is 58.2 Å². The van der Waals surface area contributed by atoms with Crippen molar-refractivity contribution in [3.05, 3.63) is 88.5 Å². The van der Waals surface area contributed by atoms with E-state index in [1.54, 1.807) is 0 Å². The van der Waals surface area contributed by atoms with Gasteiger partial charge in [-0.2, -0.15) is 0 Å². The number of hydrogen-bond acceptors (Lipinski definition) is 3. The molecule has 1 aromatic heterocycles. The third-order valence-corrected chi connectivity index (χ3v) is 5.82. The van der Waals surface area contributed by atoms with Crippen molar-refractivity contribution in [2.75, 3.05) is 0 Å². The first-order valence-corrected chi connectivity index (χ1v) is 11.2. The van der Waals surface area contributed by atoms with Gasteiger partial charge in [-0.1, -0.05) is 73.5 Å². The van der Waals surface area contributed by atoms with E-state index in [9.17, 15) is 9.90 Å². The molecule has 6 heteroatoms. The predicted octanol–water partition coefficient (Wildman–Crippen LogP) is 5.10. The number of carboxylic acids is 1. The topological polar surface area (TPSA) is 67.2 Å². The van der Waals surface area contributed by atoms with Crippen LogP contribution in [0.5, 0.6) is 0 Å². The lowest BCUT2D eigenvalue weighted by atomic mass is 10.1. The monoisotopic (exact) mass is 439 g/mol. The van der Waals surface area contributed by atoms with E-state index in [-0.39, 0.29) is 0 Å². The number of rotatable bonds is 12. The lowest BCUT2D eigenvalue weighted by Crippen LogP contribution is -2.37. The Morgan fingerprint density at radius 2 is 1.87 bits per heavy atom. The number of nitrogens with one attached hydrogen (secondary N) is 1. The Kier molecular flexibility index (Phi) is 8.68. The van der Waals surface area contributed by atoms with Crippen molar-refractivity contribution in [1.29, 1.82) is 0 Å². The second-order valence-corrected chi connectivity index (χ2v) is 8.15. The zero-order valence-electron chi connectivity index (χ0n) is 17.9. The molecule has 2 aromatic carbocycles. The molecule has 0 aliphatic rings. The molecule has 0 fully saturated rings. The molecule has 0 unspecified atom stereocenters. The third-order valence-electron chi connectivity index (χ3n) is 5.45. The Hall–Kier alpha value is -2.63. The number of halogens is 1. The zero-order valence-corrected chi connectivity index (χ0v) is 18.7. The maximum atomic E-state index is 11.8. The Labute approximate surface area is 189 Å². The van der Waals surface area contributed by atoms with Gasteiger partial charge in [0.05, 0.1) is 12.2 Å². The van der Waals surface area contributed by atoms with Crippen LogP contribution in [0, 0.1) is 0 Å². The van der Waals surface area contributed by atoms with Crippen LogP contribution < -0.4 is 5.32 Å². The number of imidazole rings is 1. The molecule has 5 nitrogen and oxygen atoms in total. The molecule has 31 heavy (non-hydrogen) atoms. The number of carboxylic acid groups (broad SMARTS) is 1. The highest BCUT2D eigenvalue weighted by molar-refractivity contribution is 6.31. The van der Waals surface area contributed by atoms with E-state index < -0.39 is 12.0 Å². The minimum Gasteiger partial charge on any atom is -0.480 e. The Bertz CT molecular complexity index is 972. The molecule has 0 radical (unpaired) electrons. The van der Waals surface area contributed by atoms with E-state index >= 15 is 0 Å². The van der Waals surface area contributed by atoms with Crippen molar-refractivity contribution < 1.29 is 9.90 Å².